The summed E-state index contributed by atoms with van der Waals surface area (Å²) in [6.07, 6.45) is 3.23. The predicted octanol–water partition coefficient (Wildman–Crippen LogP) is 5.61. The van der Waals surface area contributed by atoms with E-state index in [4.69, 9.17) is 21.3 Å². The van der Waals surface area contributed by atoms with Gasteiger partial charge in [-0.2, -0.15) is 0 Å². The van der Waals surface area contributed by atoms with Gasteiger partial charge in [0.1, 0.15) is 35.1 Å². The number of nitrogens with one attached hydrogen (secondary N) is 1. The van der Waals surface area contributed by atoms with Gasteiger partial charge in [-0.05, 0) is 79.6 Å². The Balaban J connectivity index is 1.00. The third-order valence-electron chi connectivity index (χ3n) is 9.21. The molecule has 11 nitrogen and oxygen atoms in total. The number of carbonyl (C=O) groups is 3. The Kier molecular flexibility index (Phi) is 10.7. The third-order valence-corrected chi connectivity index (χ3v) is 10.7. The molecule has 270 valence electrons. The van der Waals surface area contributed by atoms with Crippen LogP contribution in [0, 0.1) is 37.5 Å². The number of nitrogens with zero attached hydrogens (tertiary/aromatic N) is 6. The molecule has 1 atom stereocenters. The molecule has 0 bridgehead atoms. The number of amides is 2. The van der Waals surface area contributed by atoms with Gasteiger partial charge in [0.05, 0.1) is 29.4 Å². The van der Waals surface area contributed by atoms with Gasteiger partial charge in [-0.1, -0.05) is 41.6 Å². The van der Waals surface area contributed by atoms with Crippen LogP contribution < -0.4 is 10.1 Å². The summed E-state index contributed by atoms with van der Waals surface area (Å²) in [5.74, 6) is 14.6. The number of aryl methyl sites for hydroxylation is 1. The molecule has 0 radical (unpaired) electrons. The zero-order chi connectivity index (χ0) is 37.8. The molecule has 54 heavy (non-hydrogen) atoms. The van der Waals surface area contributed by atoms with Crippen LogP contribution in [0.25, 0.3) is 5.00 Å². The van der Waals surface area contributed by atoms with E-state index in [-0.39, 0.29) is 31.2 Å². The first-order chi connectivity index (χ1) is 26.2. The lowest BCUT2D eigenvalue weighted by Gasteiger charge is -2.22. The molecule has 1 unspecified atom stereocenters. The van der Waals surface area contributed by atoms with Gasteiger partial charge < -0.3 is 19.7 Å². The van der Waals surface area contributed by atoms with Crippen molar-refractivity contribution in [3.05, 3.63) is 121 Å². The van der Waals surface area contributed by atoms with E-state index in [1.807, 2.05) is 49.4 Å². The van der Waals surface area contributed by atoms with Crippen molar-refractivity contribution in [3.8, 4) is 34.4 Å². The van der Waals surface area contributed by atoms with Crippen LogP contribution in [0.1, 0.15) is 79.7 Å². The average Bonchev–Trinajstić information content (AvgIpc) is 3.79. The maximum Gasteiger partial charge on any atom is 0.255 e. The molecule has 0 aliphatic carbocycles. The van der Waals surface area contributed by atoms with E-state index in [1.54, 1.807) is 36.7 Å². The zero-order valence-corrected chi connectivity index (χ0v) is 31.3. The summed E-state index contributed by atoms with van der Waals surface area (Å²) >= 11 is 7.77. The fraction of sp³-hybridized carbons (Fsp3) is 0.244. The first-order valence-corrected chi connectivity index (χ1v) is 18.5. The molecule has 5 heterocycles. The number of ether oxygens (including phenoxy) is 1. The van der Waals surface area contributed by atoms with Crippen molar-refractivity contribution >= 4 is 46.7 Å². The van der Waals surface area contributed by atoms with Gasteiger partial charge in [0.15, 0.2) is 5.82 Å². The molecule has 2 aliphatic rings. The number of hydrogen-bond acceptors (Lipinski definition) is 9. The Labute approximate surface area is 321 Å². The molecule has 0 fully saturated rings. The number of rotatable bonds is 9. The third kappa shape index (κ3) is 7.40. The molecule has 7 rings (SSSR count). The molecule has 13 heteroatoms. The van der Waals surface area contributed by atoms with Crippen molar-refractivity contribution in [1.29, 1.82) is 0 Å². The minimum Gasteiger partial charge on any atom is -0.491 e. The maximum atomic E-state index is 13.1. The normalized spacial score (nSPS) is 13.2. The predicted molar refractivity (Wildman–Crippen MR) is 206 cm³/mol. The standard InChI is InChI=1S/C41H34ClN7O4S/c1-25-35(54-41-38(25)39(28-10-12-29(42)13-11-28)45-22-36-47-46-26(2)49(36)41)18-15-30-14-17-32(21-44-30)53-20-5-4-7-27-8-6-9-33-34(27)23-48(40(33)52)31(24-50)16-19-37(51)43-3/h6,8-14,17,21,24,31H,5,16,19-20,22-23H2,1-3H3,(H,43,51). The van der Waals surface area contributed by atoms with Crippen molar-refractivity contribution in [3.63, 3.8) is 0 Å². The number of carbonyl (C=O) groups excluding carboxylic acids is 3. The number of halogens is 1. The number of aldehydes is 1. The summed E-state index contributed by atoms with van der Waals surface area (Å²) < 4.78 is 7.95. The van der Waals surface area contributed by atoms with Crippen LogP contribution in [-0.4, -0.2) is 68.2 Å². The van der Waals surface area contributed by atoms with Crippen LogP contribution in [-0.2, 0) is 22.7 Å². The first kappa shape index (κ1) is 36.3. The summed E-state index contributed by atoms with van der Waals surface area (Å²) in [6.45, 7) is 5.01. The highest BCUT2D eigenvalue weighted by Gasteiger charge is 2.34. The van der Waals surface area contributed by atoms with Crippen LogP contribution in [0.5, 0.6) is 5.75 Å². The molecular formula is C41H34ClN7O4S. The number of thiophene rings is 1. The highest BCUT2D eigenvalue weighted by Crippen LogP contribution is 2.36. The summed E-state index contributed by atoms with van der Waals surface area (Å²) in [7, 11) is 1.54. The van der Waals surface area contributed by atoms with Gasteiger partial charge in [0.25, 0.3) is 5.91 Å². The van der Waals surface area contributed by atoms with Gasteiger partial charge in [-0.25, -0.2) is 4.98 Å². The van der Waals surface area contributed by atoms with Gasteiger partial charge in [0.2, 0.25) is 5.91 Å². The number of benzene rings is 2. The average molecular weight is 756 g/mol. The first-order valence-electron chi connectivity index (χ1n) is 17.3. The van der Waals surface area contributed by atoms with Crippen molar-refractivity contribution in [2.45, 2.75) is 52.2 Å². The minimum absolute atomic E-state index is 0.157. The minimum atomic E-state index is -0.686. The van der Waals surface area contributed by atoms with Gasteiger partial charge >= 0.3 is 0 Å². The van der Waals surface area contributed by atoms with Gasteiger partial charge in [-0.3, -0.25) is 19.1 Å². The van der Waals surface area contributed by atoms with Crippen LogP contribution in [0.4, 0.5) is 0 Å². The molecule has 2 aromatic carbocycles. The summed E-state index contributed by atoms with van der Waals surface area (Å²) in [4.78, 5) is 48.5. The van der Waals surface area contributed by atoms with E-state index in [1.165, 1.54) is 4.90 Å². The highest BCUT2D eigenvalue weighted by atomic mass is 35.5. The molecular weight excluding hydrogens is 722 g/mol. The quantitative estimate of drug-likeness (QED) is 0.118. The van der Waals surface area contributed by atoms with E-state index < -0.39 is 6.04 Å². The Morgan fingerprint density at radius 2 is 1.93 bits per heavy atom. The summed E-state index contributed by atoms with van der Waals surface area (Å²) in [5, 5.41) is 12.9. The molecule has 1 N–H and O–H groups in total. The van der Waals surface area contributed by atoms with Gasteiger partial charge in [0, 0.05) is 53.7 Å². The Morgan fingerprint density at radius 1 is 1.09 bits per heavy atom. The monoisotopic (exact) mass is 755 g/mol. The van der Waals surface area contributed by atoms with E-state index in [0.717, 1.165) is 61.3 Å². The molecule has 0 saturated heterocycles. The molecule has 2 aliphatic heterocycles. The van der Waals surface area contributed by atoms with Crippen molar-refractivity contribution in [1.82, 2.24) is 30.0 Å². The lowest BCUT2D eigenvalue weighted by molar-refractivity contribution is -0.121. The smallest absolute Gasteiger partial charge is 0.255 e. The van der Waals surface area contributed by atoms with E-state index in [2.05, 4.69) is 55.7 Å². The Hall–Kier alpha value is -6.08. The van der Waals surface area contributed by atoms with Crippen LogP contribution in [0.3, 0.4) is 0 Å². The lowest BCUT2D eigenvalue weighted by atomic mass is 10.00. The number of pyridine rings is 1. The second-order valence-corrected chi connectivity index (χ2v) is 14.1. The number of aliphatic imine (C=N–C) groups is 1. The molecule has 2 amide bonds. The van der Waals surface area contributed by atoms with Crippen LogP contribution >= 0.6 is 22.9 Å². The lowest BCUT2D eigenvalue weighted by Crippen LogP contribution is -2.37. The second-order valence-electron chi connectivity index (χ2n) is 12.6. The maximum absolute atomic E-state index is 13.1. The zero-order valence-electron chi connectivity index (χ0n) is 29.8. The largest absolute Gasteiger partial charge is 0.491 e. The molecule has 0 saturated carbocycles. The summed E-state index contributed by atoms with van der Waals surface area (Å²) in [6, 6.07) is 16.0. The number of aromatic nitrogens is 4. The van der Waals surface area contributed by atoms with E-state index in [0.29, 0.717) is 41.6 Å². The van der Waals surface area contributed by atoms with E-state index >= 15 is 0 Å². The topological polar surface area (TPSA) is 132 Å². The number of fused-ring (bicyclic) bond motifs is 4. The fourth-order valence-electron chi connectivity index (χ4n) is 6.38. The van der Waals surface area contributed by atoms with Crippen molar-refractivity contribution in [2.24, 2.45) is 4.99 Å². The fourth-order valence-corrected chi connectivity index (χ4v) is 7.73. The molecule has 3 aromatic heterocycles. The highest BCUT2D eigenvalue weighted by molar-refractivity contribution is 7.15. The molecule has 5 aromatic rings. The second kappa shape index (κ2) is 15.9. The van der Waals surface area contributed by atoms with Crippen LogP contribution in [0.15, 0.2) is 65.8 Å². The Bertz CT molecular complexity index is 2430. The van der Waals surface area contributed by atoms with Crippen LogP contribution in [0.2, 0.25) is 5.02 Å². The summed E-state index contributed by atoms with van der Waals surface area (Å²) in [5.41, 5.74) is 6.49. The van der Waals surface area contributed by atoms with Crippen molar-refractivity contribution < 1.29 is 19.1 Å². The van der Waals surface area contributed by atoms with E-state index in [9.17, 15) is 14.4 Å². The molecule has 0 spiro atoms. The number of hydrogen-bond donors (Lipinski definition) is 1. The van der Waals surface area contributed by atoms with Crippen molar-refractivity contribution in [2.75, 3.05) is 13.7 Å². The van der Waals surface area contributed by atoms with Gasteiger partial charge in [-0.15, -0.1) is 21.5 Å². The Morgan fingerprint density at radius 3 is 2.69 bits per heavy atom. The SMILES string of the molecule is CNC(=O)CCC(C=O)N1Cc2c(C#CCCOc3ccc(C#Cc4sc5c(c4C)C(c4ccc(Cl)cc4)=NCc4nnc(C)n4-5)nc3)cccc2C1=O.